The quantitative estimate of drug-likeness (QED) is 0.239. The van der Waals surface area contributed by atoms with Crippen LogP contribution in [0.3, 0.4) is 0 Å². The molecule has 1 rings (SSSR count). The van der Waals surface area contributed by atoms with Crippen molar-refractivity contribution in [2.24, 2.45) is 16.8 Å². The average molecular weight is 238 g/mol. The van der Waals surface area contributed by atoms with Gasteiger partial charge in [-0.15, -0.1) is 0 Å². The van der Waals surface area contributed by atoms with E-state index < -0.39 is 0 Å². The molecular weight excluding hydrogens is 220 g/mol. The Hall–Kier alpha value is -1.86. The Morgan fingerprint density at radius 3 is 2.88 bits per heavy atom. The van der Waals surface area contributed by atoms with E-state index in [0.717, 1.165) is 0 Å². The van der Waals surface area contributed by atoms with Crippen molar-refractivity contribution in [2.75, 3.05) is 19.0 Å². The molecule has 94 valence electrons. The molecule has 0 saturated carbocycles. The highest BCUT2D eigenvalue weighted by Crippen LogP contribution is 2.07. The van der Waals surface area contributed by atoms with Crippen molar-refractivity contribution in [1.29, 1.82) is 0 Å². The number of anilines is 1. The van der Waals surface area contributed by atoms with E-state index in [2.05, 4.69) is 15.4 Å². The first-order valence-corrected chi connectivity index (χ1v) is 5.21. The second kappa shape index (κ2) is 6.02. The van der Waals surface area contributed by atoms with Gasteiger partial charge in [0, 0.05) is 7.05 Å². The summed E-state index contributed by atoms with van der Waals surface area (Å²) in [6, 6.07) is 5.08. The second-order valence-corrected chi connectivity index (χ2v) is 3.55. The number of hydrogen-bond acceptors (Lipinski definition) is 6. The van der Waals surface area contributed by atoms with Gasteiger partial charge in [0.05, 0.1) is 12.6 Å². The first-order valence-electron chi connectivity index (χ1n) is 5.21. The lowest BCUT2D eigenvalue weighted by molar-refractivity contribution is 0.193. The summed E-state index contributed by atoms with van der Waals surface area (Å²) in [5.74, 6) is 12.1. The molecule has 0 aliphatic rings. The van der Waals surface area contributed by atoms with E-state index in [1.807, 2.05) is 12.1 Å². The van der Waals surface area contributed by atoms with Gasteiger partial charge in [-0.2, -0.15) is 5.10 Å². The number of aliphatic hydroxyl groups excluding tert-OH is 1. The molecule has 1 heterocycles. The summed E-state index contributed by atoms with van der Waals surface area (Å²) in [5.41, 5.74) is 0.544. The summed E-state index contributed by atoms with van der Waals surface area (Å²) in [6.07, 6.45) is 0. The Morgan fingerprint density at radius 1 is 1.65 bits per heavy atom. The molecule has 1 aromatic heterocycles. The van der Waals surface area contributed by atoms with Crippen molar-refractivity contribution in [3.8, 4) is 0 Å². The lowest BCUT2D eigenvalue weighted by Gasteiger charge is -2.24. The lowest BCUT2D eigenvalue weighted by atomic mass is 10.2. The van der Waals surface area contributed by atoms with Gasteiger partial charge in [-0.25, -0.2) is 10.8 Å². The van der Waals surface area contributed by atoms with Crippen LogP contribution in [-0.4, -0.2) is 40.6 Å². The molecule has 0 amide bonds. The molecule has 0 aliphatic carbocycles. The molecule has 1 unspecified atom stereocenters. The highest BCUT2D eigenvalue weighted by atomic mass is 16.3. The van der Waals surface area contributed by atoms with Gasteiger partial charge in [0.1, 0.15) is 11.5 Å². The smallest absolute Gasteiger partial charge is 0.188 e. The van der Waals surface area contributed by atoms with E-state index in [1.165, 1.54) is 5.01 Å². The summed E-state index contributed by atoms with van der Waals surface area (Å²) in [6.45, 7) is 1.66. The predicted molar refractivity (Wildman–Crippen MR) is 67.1 cm³/mol. The standard InChI is InChI=1S/C10H18N6O/c1-7(6-17)16(12)10(15-11)8-4-3-5-9(13-2)14-8/h3-5,7,17H,6,11-12H2,1-2H3,(H,13,14)/b15-10-. The third kappa shape index (κ3) is 3.05. The summed E-state index contributed by atoms with van der Waals surface area (Å²) < 4.78 is 0. The van der Waals surface area contributed by atoms with E-state index >= 15 is 0 Å². The first kappa shape index (κ1) is 13.2. The van der Waals surface area contributed by atoms with E-state index in [0.29, 0.717) is 17.3 Å². The molecule has 7 nitrogen and oxygen atoms in total. The number of nitrogens with two attached hydrogens (primary N) is 2. The van der Waals surface area contributed by atoms with Crippen LogP contribution in [-0.2, 0) is 0 Å². The molecule has 0 spiro atoms. The molecular formula is C10H18N6O. The fourth-order valence-electron chi connectivity index (χ4n) is 1.26. The predicted octanol–water partition coefficient (Wildman–Crippen LogP) is -0.700. The minimum Gasteiger partial charge on any atom is -0.394 e. The highest BCUT2D eigenvalue weighted by molar-refractivity contribution is 5.96. The number of nitrogens with zero attached hydrogens (tertiary/aromatic N) is 3. The molecule has 0 aromatic carbocycles. The monoisotopic (exact) mass is 238 g/mol. The van der Waals surface area contributed by atoms with E-state index in [1.54, 1.807) is 20.0 Å². The number of hydrogen-bond donors (Lipinski definition) is 4. The molecule has 6 N–H and O–H groups in total. The minimum absolute atomic E-state index is 0.0960. The normalized spacial score (nSPS) is 13.3. The van der Waals surface area contributed by atoms with E-state index in [-0.39, 0.29) is 12.6 Å². The van der Waals surface area contributed by atoms with Gasteiger partial charge >= 0.3 is 0 Å². The largest absolute Gasteiger partial charge is 0.394 e. The van der Waals surface area contributed by atoms with Crippen LogP contribution in [0.1, 0.15) is 12.6 Å². The third-order valence-corrected chi connectivity index (χ3v) is 2.34. The van der Waals surface area contributed by atoms with Gasteiger partial charge in [-0.1, -0.05) is 6.07 Å². The minimum atomic E-state index is -0.294. The summed E-state index contributed by atoms with van der Waals surface area (Å²) in [4.78, 5) is 4.27. The van der Waals surface area contributed by atoms with Crippen molar-refractivity contribution in [2.45, 2.75) is 13.0 Å². The van der Waals surface area contributed by atoms with Crippen LogP contribution >= 0.6 is 0 Å². The Bertz CT molecular complexity index is 394. The molecule has 1 aromatic rings. The van der Waals surface area contributed by atoms with Crippen LogP contribution in [0.4, 0.5) is 5.82 Å². The molecule has 0 aliphatic heterocycles. The maximum atomic E-state index is 9.05. The number of amidine groups is 1. The van der Waals surface area contributed by atoms with E-state index in [4.69, 9.17) is 16.8 Å². The molecule has 1 atom stereocenters. The Morgan fingerprint density at radius 2 is 2.35 bits per heavy atom. The number of hydrazone groups is 1. The number of aliphatic hydroxyl groups is 1. The highest BCUT2D eigenvalue weighted by Gasteiger charge is 2.17. The molecule has 0 bridgehead atoms. The third-order valence-electron chi connectivity index (χ3n) is 2.34. The lowest BCUT2D eigenvalue weighted by Crippen LogP contribution is -2.47. The fraction of sp³-hybridized carbons (Fsp3) is 0.400. The molecule has 0 radical (unpaired) electrons. The number of nitrogens with one attached hydrogen (secondary N) is 1. The number of aromatic nitrogens is 1. The van der Waals surface area contributed by atoms with Gasteiger partial charge in [-0.05, 0) is 19.1 Å². The van der Waals surface area contributed by atoms with Crippen LogP contribution in [0.2, 0.25) is 0 Å². The van der Waals surface area contributed by atoms with Crippen molar-refractivity contribution in [1.82, 2.24) is 9.99 Å². The molecule has 0 saturated heterocycles. The van der Waals surface area contributed by atoms with Crippen molar-refractivity contribution in [3.05, 3.63) is 23.9 Å². The zero-order valence-corrected chi connectivity index (χ0v) is 9.96. The van der Waals surface area contributed by atoms with Gasteiger partial charge in [0.25, 0.3) is 0 Å². The van der Waals surface area contributed by atoms with Crippen molar-refractivity contribution >= 4 is 11.7 Å². The topological polar surface area (TPSA) is 113 Å². The van der Waals surface area contributed by atoms with Gasteiger partial charge in [0.15, 0.2) is 5.84 Å². The average Bonchev–Trinajstić information content (AvgIpc) is 2.38. The zero-order chi connectivity index (χ0) is 12.8. The van der Waals surface area contributed by atoms with Gasteiger partial charge in [-0.3, -0.25) is 5.01 Å². The maximum absolute atomic E-state index is 9.05. The summed E-state index contributed by atoms with van der Waals surface area (Å²) in [5, 5.41) is 16.9. The van der Waals surface area contributed by atoms with Gasteiger partial charge < -0.3 is 16.3 Å². The summed E-state index contributed by atoms with van der Waals surface area (Å²) >= 11 is 0. The van der Waals surface area contributed by atoms with Crippen molar-refractivity contribution in [3.63, 3.8) is 0 Å². The van der Waals surface area contributed by atoms with Crippen LogP contribution in [0.25, 0.3) is 0 Å². The SMILES string of the molecule is CNc1cccc(/C(=N/N)N(N)C(C)CO)n1. The Labute approximate surface area is 100 Å². The Kier molecular flexibility index (Phi) is 4.68. The fourth-order valence-corrected chi connectivity index (χ4v) is 1.26. The molecule has 17 heavy (non-hydrogen) atoms. The van der Waals surface area contributed by atoms with Crippen molar-refractivity contribution < 1.29 is 5.11 Å². The number of pyridine rings is 1. The summed E-state index contributed by atoms with van der Waals surface area (Å²) in [7, 11) is 1.77. The zero-order valence-electron chi connectivity index (χ0n) is 9.96. The second-order valence-electron chi connectivity index (χ2n) is 3.55. The maximum Gasteiger partial charge on any atom is 0.188 e. The number of hydrazine groups is 1. The first-order chi connectivity index (χ1) is 8.13. The van der Waals surface area contributed by atoms with Crippen LogP contribution in [0.5, 0.6) is 0 Å². The molecule has 0 fully saturated rings. The van der Waals surface area contributed by atoms with Crippen LogP contribution < -0.4 is 17.0 Å². The van der Waals surface area contributed by atoms with Crippen LogP contribution in [0, 0.1) is 0 Å². The Balaban J connectivity index is 3.01. The number of rotatable bonds is 4. The van der Waals surface area contributed by atoms with Crippen LogP contribution in [0.15, 0.2) is 23.3 Å². The molecule has 7 heteroatoms. The van der Waals surface area contributed by atoms with Gasteiger partial charge in [0.2, 0.25) is 0 Å². The van der Waals surface area contributed by atoms with E-state index in [9.17, 15) is 0 Å².